The second kappa shape index (κ2) is 9.36. The lowest BCUT2D eigenvalue weighted by Crippen LogP contribution is -2.36. The lowest BCUT2D eigenvalue weighted by Gasteiger charge is -2.23. The molecule has 0 amide bonds. The van der Waals surface area contributed by atoms with Gasteiger partial charge in [0.2, 0.25) is 0 Å². The van der Waals surface area contributed by atoms with Crippen molar-refractivity contribution < 1.29 is 13.6 Å². The molecule has 1 atom stereocenters. The number of hydrogen-bond acceptors (Lipinski definition) is 6. The van der Waals surface area contributed by atoms with E-state index in [2.05, 4.69) is 15.2 Å². The van der Waals surface area contributed by atoms with Crippen LogP contribution in [0.15, 0.2) is 35.9 Å². The smallest absolute Gasteiger partial charge is 0.252 e. The molecule has 1 aliphatic rings. The molecule has 0 radical (unpaired) electrons. The second-order valence-corrected chi connectivity index (χ2v) is 8.18. The van der Waals surface area contributed by atoms with E-state index in [1.54, 1.807) is 34.2 Å². The Balaban J connectivity index is 1.74. The molecule has 11 heteroatoms. The van der Waals surface area contributed by atoms with Gasteiger partial charge in [-0.05, 0) is 19.1 Å². The van der Waals surface area contributed by atoms with Crippen molar-refractivity contribution in [3.63, 3.8) is 0 Å². The van der Waals surface area contributed by atoms with E-state index in [4.69, 9.17) is 28.7 Å². The van der Waals surface area contributed by atoms with E-state index in [9.17, 15) is 8.78 Å². The molecule has 2 aromatic heterocycles. The summed E-state index contributed by atoms with van der Waals surface area (Å²) < 4.78 is 27.8. The third kappa shape index (κ3) is 5.23. The van der Waals surface area contributed by atoms with Crippen molar-refractivity contribution in [3.05, 3.63) is 35.9 Å². The SMILES string of the molecule is CCN(C(=S)/C(CSCC1CC1(F)F)=N\OC)c1cn(-c2cccnc2)nc1Cl. The van der Waals surface area contributed by atoms with Crippen LogP contribution in [0.3, 0.4) is 0 Å². The zero-order valence-electron chi connectivity index (χ0n) is 15.9. The lowest BCUT2D eigenvalue weighted by atomic mass is 10.3. The maximum absolute atomic E-state index is 13.1. The summed E-state index contributed by atoms with van der Waals surface area (Å²) >= 11 is 13.3. The van der Waals surface area contributed by atoms with Crippen molar-refractivity contribution in [1.29, 1.82) is 0 Å². The molecule has 0 saturated heterocycles. The summed E-state index contributed by atoms with van der Waals surface area (Å²) in [6.45, 7) is 2.44. The average molecular weight is 460 g/mol. The number of anilines is 1. The number of halogens is 3. The summed E-state index contributed by atoms with van der Waals surface area (Å²) in [5.41, 5.74) is 1.86. The van der Waals surface area contributed by atoms with E-state index < -0.39 is 11.8 Å². The van der Waals surface area contributed by atoms with Crippen molar-refractivity contribution in [2.24, 2.45) is 11.1 Å². The molecule has 2 heterocycles. The number of aromatic nitrogens is 3. The van der Waals surface area contributed by atoms with Gasteiger partial charge in [0.05, 0.1) is 18.1 Å². The van der Waals surface area contributed by atoms with Crippen molar-refractivity contribution in [2.75, 3.05) is 30.1 Å². The van der Waals surface area contributed by atoms with E-state index in [0.717, 1.165) is 5.69 Å². The Morgan fingerprint density at radius 1 is 1.55 bits per heavy atom. The van der Waals surface area contributed by atoms with Gasteiger partial charge in [-0.15, -0.1) is 0 Å². The van der Waals surface area contributed by atoms with Crippen molar-refractivity contribution in [3.8, 4) is 5.69 Å². The monoisotopic (exact) mass is 459 g/mol. The molecular weight excluding hydrogens is 440 g/mol. The van der Waals surface area contributed by atoms with Crippen molar-refractivity contribution >= 4 is 52.0 Å². The molecule has 3 rings (SSSR count). The van der Waals surface area contributed by atoms with Crippen LogP contribution in [0.5, 0.6) is 0 Å². The van der Waals surface area contributed by atoms with Gasteiger partial charge in [-0.2, -0.15) is 16.9 Å². The Labute approximate surface area is 182 Å². The molecule has 0 aromatic carbocycles. The third-order valence-corrected chi connectivity index (χ3v) is 6.22. The van der Waals surface area contributed by atoms with Crippen molar-refractivity contribution in [2.45, 2.75) is 19.3 Å². The number of thioether (sulfide) groups is 1. The molecular formula is C18H20ClF2N5OS2. The number of nitrogens with zero attached hydrogens (tertiary/aromatic N) is 5. The van der Waals surface area contributed by atoms with Crippen LogP contribution in [0, 0.1) is 5.92 Å². The van der Waals surface area contributed by atoms with Gasteiger partial charge >= 0.3 is 0 Å². The lowest BCUT2D eigenvalue weighted by molar-refractivity contribution is 0.103. The molecule has 1 aliphatic carbocycles. The van der Waals surface area contributed by atoms with Gasteiger partial charge in [0.25, 0.3) is 5.92 Å². The Morgan fingerprint density at radius 2 is 2.31 bits per heavy atom. The molecule has 29 heavy (non-hydrogen) atoms. The maximum Gasteiger partial charge on any atom is 0.252 e. The first-order valence-corrected chi connectivity index (χ1v) is 10.8. The summed E-state index contributed by atoms with van der Waals surface area (Å²) in [4.78, 5) is 11.2. The van der Waals surface area contributed by atoms with Crippen LogP contribution in [0.4, 0.5) is 14.5 Å². The van der Waals surface area contributed by atoms with Gasteiger partial charge < -0.3 is 9.74 Å². The largest absolute Gasteiger partial charge is 0.399 e. The predicted octanol–water partition coefficient (Wildman–Crippen LogP) is 4.47. The van der Waals surface area contributed by atoms with Crippen LogP contribution in [0.25, 0.3) is 5.69 Å². The molecule has 2 aromatic rings. The predicted molar refractivity (Wildman–Crippen MR) is 117 cm³/mol. The number of alkyl halides is 2. The van der Waals surface area contributed by atoms with Crippen LogP contribution in [0.1, 0.15) is 13.3 Å². The number of oxime groups is 1. The van der Waals surface area contributed by atoms with Crippen LogP contribution in [-0.4, -0.2) is 56.5 Å². The zero-order chi connectivity index (χ0) is 21.0. The van der Waals surface area contributed by atoms with E-state index in [0.29, 0.717) is 34.4 Å². The highest BCUT2D eigenvalue weighted by Crippen LogP contribution is 2.50. The molecule has 1 unspecified atom stereocenters. The van der Waals surface area contributed by atoms with Crippen LogP contribution in [0.2, 0.25) is 5.15 Å². The van der Waals surface area contributed by atoms with Crippen molar-refractivity contribution in [1.82, 2.24) is 14.8 Å². The first kappa shape index (κ1) is 21.9. The van der Waals surface area contributed by atoms with Crippen LogP contribution < -0.4 is 4.90 Å². The highest BCUT2D eigenvalue weighted by Gasteiger charge is 2.56. The Kier molecular flexibility index (Phi) is 7.07. The topological polar surface area (TPSA) is 55.5 Å². The Morgan fingerprint density at radius 3 is 2.90 bits per heavy atom. The molecule has 6 nitrogen and oxygen atoms in total. The fourth-order valence-electron chi connectivity index (χ4n) is 2.71. The Bertz CT molecular complexity index is 894. The fourth-order valence-corrected chi connectivity index (χ4v) is 4.52. The van der Waals surface area contributed by atoms with E-state index in [1.807, 2.05) is 13.0 Å². The number of hydrogen-bond donors (Lipinski definition) is 0. The highest BCUT2D eigenvalue weighted by molar-refractivity contribution is 8.00. The standard InChI is InChI=1S/C18H20ClF2N5OS2/c1-3-25(15-9-26(23-16(15)19)13-5-4-6-22-8-13)17(28)14(24-27-2)11-29-10-12-7-18(12,20)21/h4-6,8-9,12H,3,7,10-11H2,1-2H3/b24-14-. The molecule has 0 N–H and O–H groups in total. The minimum atomic E-state index is -2.53. The van der Waals surface area contributed by atoms with Gasteiger partial charge in [0.15, 0.2) is 5.15 Å². The normalized spacial score (nSPS) is 17.8. The highest BCUT2D eigenvalue weighted by atomic mass is 35.5. The summed E-state index contributed by atoms with van der Waals surface area (Å²) in [5.74, 6) is -2.39. The average Bonchev–Trinajstić information content (AvgIpc) is 3.13. The summed E-state index contributed by atoms with van der Waals surface area (Å²) in [5, 5.41) is 8.62. The minimum absolute atomic E-state index is 0.0502. The molecule has 0 spiro atoms. The van der Waals surface area contributed by atoms with E-state index in [-0.39, 0.29) is 11.6 Å². The summed E-state index contributed by atoms with van der Waals surface area (Å²) in [7, 11) is 1.42. The molecule has 1 saturated carbocycles. The molecule has 156 valence electrons. The minimum Gasteiger partial charge on any atom is -0.399 e. The number of rotatable bonds is 9. The molecule has 0 aliphatic heterocycles. The number of pyridine rings is 1. The van der Waals surface area contributed by atoms with Gasteiger partial charge in [0, 0.05) is 36.6 Å². The summed E-state index contributed by atoms with van der Waals surface area (Å²) in [6, 6.07) is 3.66. The number of thiocarbonyl (C=S) groups is 1. The van der Waals surface area contributed by atoms with Gasteiger partial charge in [-0.25, -0.2) is 13.5 Å². The third-order valence-electron chi connectivity index (χ3n) is 4.38. The Hall–Kier alpha value is -1.78. The van der Waals surface area contributed by atoms with Crippen LogP contribution in [-0.2, 0) is 4.84 Å². The second-order valence-electron chi connectivity index (χ2n) is 6.41. The van der Waals surface area contributed by atoms with Crippen LogP contribution >= 0.6 is 35.6 Å². The fraction of sp³-hybridized carbons (Fsp3) is 0.444. The zero-order valence-corrected chi connectivity index (χ0v) is 18.3. The first-order chi connectivity index (χ1) is 13.9. The first-order valence-electron chi connectivity index (χ1n) is 8.90. The van der Waals surface area contributed by atoms with Gasteiger partial charge in [-0.3, -0.25) is 4.98 Å². The quantitative estimate of drug-likeness (QED) is 0.313. The molecule has 0 bridgehead atoms. The molecule has 1 fully saturated rings. The maximum atomic E-state index is 13.1. The summed E-state index contributed by atoms with van der Waals surface area (Å²) in [6.07, 6.45) is 5.05. The van der Waals surface area contributed by atoms with E-state index >= 15 is 0 Å². The van der Waals surface area contributed by atoms with Gasteiger partial charge in [0.1, 0.15) is 23.5 Å². The van der Waals surface area contributed by atoms with Gasteiger partial charge in [-0.1, -0.05) is 29.0 Å². The van der Waals surface area contributed by atoms with E-state index in [1.165, 1.54) is 18.9 Å².